The van der Waals surface area contributed by atoms with Crippen molar-refractivity contribution in [2.75, 3.05) is 6.54 Å². The van der Waals surface area contributed by atoms with Crippen LogP contribution >= 0.6 is 0 Å². The van der Waals surface area contributed by atoms with Crippen LogP contribution in [0.15, 0.2) is 0 Å². The molecule has 0 heterocycles. The summed E-state index contributed by atoms with van der Waals surface area (Å²) in [5.41, 5.74) is 14.7. The van der Waals surface area contributed by atoms with Crippen molar-refractivity contribution < 1.29 is 9.90 Å². The fourth-order valence-corrected chi connectivity index (χ4v) is 0.951. The monoisotopic (exact) mass is 232 g/mol. The minimum Gasteiger partial charge on any atom is -0.480 e. The van der Waals surface area contributed by atoms with E-state index in [0.29, 0.717) is 19.4 Å². The van der Waals surface area contributed by atoms with Crippen molar-refractivity contribution in [3.63, 3.8) is 0 Å². The number of hydrazine groups is 1. The average Bonchev–Trinajstić information content (AvgIpc) is 2.15. The first-order valence-electron chi connectivity index (χ1n) is 4.59. The van der Waals surface area contributed by atoms with Gasteiger partial charge in [-0.25, -0.2) is 5.43 Å². The number of carboxylic acid groups (broad SMARTS) is 1. The zero-order chi connectivity index (χ0) is 12.6. The van der Waals surface area contributed by atoms with E-state index in [-0.39, 0.29) is 11.9 Å². The van der Waals surface area contributed by atoms with Gasteiger partial charge < -0.3 is 21.9 Å². The maximum absolute atomic E-state index is 10.7. The summed E-state index contributed by atoms with van der Waals surface area (Å²) in [6, 6.07) is -0.849. The largest absolute Gasteiger partial charge is 0.480 e. The predicted octanol–water partition coefficient (Wildman–Crippen LogP) is -2.31. The summed E-state index contributed by atoms with van der Waals surface area (Å²) in [5, 5.41) is 25.1. The van der Waals surface area contributed by atoms with Crippen LogP contribution in [-0.2, 0) is 4.79 Å². The lowest BCUT2D eigenvalue weighted by Gasteiger charge is -2.15. The summed E-state index contributed by atoms with van der Waals surface area (Å²) in [7, 11) is 0. The van der Waals surface area contributed by atoms with Crippen LogP contribution in [0.1, 0.15) is 12.8 Å². The van der Waals surface area contributed by atoms with Gasteiger partial charge in [-0.15, -0.1) is 0 Å². The molecule has 0 aliphatic heterocycles. The van der Waals surface area contributed by atoms with E-state index in [2.05, 4.69) is 16.2 Å². The Balaban J connectivity index is 3.81. The molecule has 0 aliphatic carbocycles. The maximum atomic E-state index is 10.7. The van der Waals surface area contributed by atoms with Crippen molar-refractivity contribution in [2.24, 2.45) is 11.5 Å². The smallest absolute Gasteiger partial charge is 0.322 e. The first-order chi connectivity index (χ1) is 7.43. The average molecular weight is 232 g/mol. The molecule has 0 aromatic carbocycles. The van der Waals surface area contributed by atoms with Crippen molar-refractivity contribution in [3.8, 4) is 0 Å². The molecule has 0 aliphatic rings. The molecule has 0 unspecified atom stereocenters. The van der Waals surface area contributed by atoms with Crippen molar-refractivity contribution in [3.05, 3.63) is 0 Å². The zero-order valence-corrected chi connectivity index (χ0v) is 8.71. The molecule has 0 rings (SSSR count). The van der Waals surface area contributed by atoms with Gasteiger partial charge in [-0.3, -0.25) is 21.0 Å². The first-order valence-corrected chi connectivity index (χ1v) is 4.59. The van der Waals surface area contributed by atoms with Crippen LogP contribution in [0.5, 0.6) is 0 Å². The molecule has 0 spiro atoms. The van der Waals surface area contributed by atoms with Crippen LogP contribution < -0.4 is 27.6 Å². The van der Waals surface area contributed by atoms with Crippen LogP contribution in [0, 0.1) is 10.8 Å². The Kier molecular flexibility index (Phi) is 6.36. The van der Waals surface area contributed by atoms with E-state index in [1.54, 1.807) is 0 Å². The molecule has 0 saturated heterocycles. The molecule has 0 saturated carbocycles. The highest BCUT2D eigenvalue weighted by atomic mass is 16.4. The Morgan fingerprint density at radius 3 is 2.38 bits per heavy atom. The van der Waals surface area contributed by atoms with Gasteiger partial charge in [0.05, 0.1) is 0 Å². The minimum absolute atomic E-state index is 0.151. The molecule has 9 heteroatoms. The van der Waals surface area contributed by atoms with Crippen molar-refractivity contribution in [2.45, 2.75) is 18.9 Å². The van der Waals surface area contributed by atoms with Gasteiger partial charge in [-0.05, 0) is 12.8 Å². The van der Waals surface area contributed by atoms with Crippen LogP contribution in [-0.4, -0.2) is 35.6 Å². The van der Waals surface area contributed by atoms with Crippen molar-refractivity contribution in [1.82, 2.24) is 16.2 Å². The van der Waals surface area contributed by atoms with Crippen molar-refractivity contribution in [1.29, 1.82) is 10.8 Å². The summed E-state index contributed by atoms with van der Waals surface area (Å²) >= 11 is 0. The van der Waals surface area contributed by atoms with Crippen molar-refractivity contribution >= 4 is 17.9 Å². The van der Waals surface area contributed by atoms with E-state index in [0.717, 1.165) is 0 Å². The molecule has 0 aromatic heterocycles. The Labute approximate surface area is 92.6 Å². The second-order valence-electron chi connectivity index (χ2n) is 3.06. The Morgan fingerprint density at radius 2 is 1.94 bits per heavy atom. The Hall–Kier alpha value is -2.03. The second kappa shape index (κ2) is 7.29. The molecule has 0 bridgehead atoms. The van der Waals surface area contributed by atoms with Crippen LogP contribution in [0.4, 0.5) is 0 Å². The number of nitrogens with two attached hydrogens (primary N) is 2. The Morgan fingerprint density at radius 1 is 1.31 bits per heavy atom. The van der Waals surface area contributed by atoms with Gasteiger partial charge >= 0.3 is 5.97 Å². The van der Waals surface area contributed by atoms with Gasteiger partial charge in [-0.2, -0.15) is 0 Å². The third kappa shape index (κ3) is 7.38. The molecule has 0 amide bonds. The first kappa shape index (κ1) is 14.0. The number of hydrogen-bond acceptors (Lipinski definition) is 4. The predicted molar refractivity (Wildman–Crippen MR) is 58.8 cm³/mol. The third-order valence-electron chi connectivity index (χ3n) is 1.66. The van der Waals surface area contributed by atoms with Gasteiger partial charge in [-0.1, -0.05) is 0 Å². The number of nitrogens with one attached hydrogen (secondary N) is 5. The highest BCUT2D eigenvalue weighted by molar-refractivity contribution is 5.76. The van der Waals surface area contributed by atoms with Gasteiger partial charge in [0.2, 0.25) is 0 Å². The van der Waals surface area contributed by atoms with E-state index < -0.39 is 12.0 Å². The van der Waals surface area contributed by atoms with E-state index in [4.69, 9.17) is 27.4 Å². The SMILES string of the molecule is N=C(N)NCCC[C@H](N[15NH]C(=N)N)C(=O)O. The second-order valence-corrected chi connectivity index (χ2v) is 3.06. The molecule has 16 heavy (non-hydrogen) atoms. The normalized spacial score (nSPS) is 11.5. The number of rotatable bonds is 7. The number of guanidine groups is 2. The Bertz CT molecular complexity index is 267. The topological polar surface area (TPSA) is 173 Å². The maximum Gasteiger partial charge on any atom is 0.322 e. The summed E-state index contributed by atoms with van der Waals surface area (Å²) in [6.45, 7) is 0.418. The molecule has 92 valence electrons. The number of hydrogen-bond donors (Lipinski definition) is 8. The summed E-state index contributed by atoms with van der Waals surface area (Å²) in [6.07, 6.45) is 0.832. The number of aliphatic carboxylic acids is 1. The van der Waals surface area contributed by atoms with Crippen LogP contribution in [0.3, 0.4) is 0 Å². The van der Waals surface area contributed by atoms with E-state index >= 15 is 0 Å². The van der Waals surface area contributed by atoms with Crippen LogP contribution in [0.2, 0.25) is 0 Å². The third-order valence-corrected chi connectivity index (χ3v) is 1.66. The molecular formula is C7H17N7O2. The van der Waals surface area contributed by atoms with Gasteiger partial charge in [0.1, 0.15) is 6.04 Å². The fourth-order valence-electron chi connectivity index (χ4n) is 0.951. The van der Waals surface area contributed by atoms with E-state index in [1.807, 2.05) is 0 Å². The lowest BCUT2D eigenvalue weighted by molar-refractivity contribution is -0.139. The standard InChI is InChI=1S/C7H17N7O2/c8-6(9)12-3-1-2-4(5(15)16)13-14-7(10)11/h4,13H,1-3H2,(H,15,16)(H4,8,9,12)(H4,10,11,14)/t4-/m0/s1/i14+1. The summed E-state index contributed by atoms with van der Waals surface area (Å²) in [5.74, 6) is -1.55. The molecule has 0 aromatic rings. The van der Waals surface area contributed by atoms with Gasteiger partial charge in [0.25, 0.3) is 0 Å². The zero-order valence-electron chi connectivity index (χ0n) is 8.71. The number of carbonyl (C=O) groups is 1. The van der Waals surface area contributed by atoms with E-state index in [1.165, 1.54) is 0 Å². The molecule has 0 fully saturated rings. The van der Waals surface area contributed by atoms with Crippen LogP contribution in [0.25, 0.3) is 0 Å². The molecule has 9 nitrogen and oxygen atoms in total. The fraction of sp³-hybridized carbons (Fsp3) is 0.571. The highest BCUT2D eigenvalue weighted by Gasteiger charge is 2.16. The summed E-state index contributed by atoms with van der Waals surface area (Å²) < 4.78 is 0. The lowest BCUT2D eigenvalue weighted by atomic mass is 10.2. The van der Waals surface area contributed by atoms with Gasteiger partial charge in [0, 0.05) is 6.54 Å². The lowest BCUT2D eigenvalue weighted by Crippen LogP contribution is -2.50. The van der Waals surface area contributed by atoms with Gasteiger partial charge in [0.15, 0.2) is 11.9 Å². The highest BCUT2D eigenvalue weighted by Crippen LogP contribution is 1.95. The molecular weight excluding hydrogens is 215 g/mol. The number of carboxylic acids is 1. The molecule has 1 atom stereocenters. The molecule has 0 radical (unpaired) electrons. The minimum atomic E-state index is -1.04. The summed E-state index contributed by atoms with van der Waals surface area (Å²) in [4.78, 5) is 10.7. The quantitative estimate of drug-likeness (QED) is 0.0799. The van der Waals surface area contributed by atoms with E-state index in [9.17, 15) is 4.79 Å². The molecule has 10 N–H and O–H groups in total.